The van der Waals surface area contributed by atoms with Gasteiger partial charge in [0.05, 0.1) is 0 Å². The largest absolute Gasteiger partial charge is 0.310 e. The first-order valence-electron chi connectivity index (χ1n) is 4.13. The summed E-state index contributed by atoms with van der Waals surface area (Å²) in [5.74, 6) is 0. The van der Waals surface area contributed by atoms with E-state index in [4.69, 9.17) is 11.6 Å². The predicted molar refractivity (Wildman–Crippen MR) is 49.3 cm³/mol. The highest BCUT2D eigenvalue weighted by molar-refractivity contribution is 6.30. The number of aryl methyl sites for hydroxylation is 1. The van der Waals surface area contributed by atoms with Gasteiger partial charge in [-0.3, -0.25) is 0 Å². The van der Waals surface area contributed by atoms with E-state index in [-0.39, 0.29) is 0 Å². The van der Waals surface area contributed by atoms with Gasteiger partial charge in [0.2, 0.25) is 0 Å². The number of rotatable bonds is 1. The number of hydrogen-bond acceptors (Lipinski definition) is 2. The Morgan fingerprint density at radius 1 is 1.67 bits per heavy atom. The lowest BCUT2D eigenvalue weighted by Crippen LogP contribution is -2.35. The summed E-state index contributed by atoms with van der Waals surface area (Å²) >= 11 is 5.95. The molecule has 3 heteroatoms. The van der Waals surface area contributed by atoms with Crippen molar-refractivity contribution >= 4 is 11.6 Å². The molecule has 0 amide bonds. The molecule has 1 unspecified atom stereocenters. The summed E-state index contributed by atoms with van der Waals surface area (Å²) in [5.41, 5.74) is 2.31. The topological polar surface area (TPSA) is 24.9 Å². The summed E-state index contributed by atoms with van der Waals surface area (Å²) in [6, 6.07) is 2.54. The molecule has 1 aliphatic rings. The molecule has 0 spiro atoms. The number of halogens is 1. The minimum absolute atomic E-state index is 0.435. The average molecular weight is 183 g/mol. The molecule has 0 saturated carbocycles. The Kier molecular flexibility index (Phi) is 2.03. The van der Waals surface area contributed by atoms with Crippen LogP contribution in [-0.2, 0) is 0 Å². The Morgan fingerprint density at radius 2 is 2.42 bits per heavy atom. The molecule has 1 aromatic rings. The van der Waals surface area contributed by atoms with E-state index in [2.05, 4.69) is 16.4 Å². The highest BCUT2D eigenvalue weighted by Gasteiger charge is 2.21. The van der Waals surface area contributed by atoms with E-state index < -0.39 is 0 Å². The summed E-state index contributed by atoms with van der Waals surface area (Å²) in [6.07, 6.45) is 2.97. The summed E-state index contributed by atoms with van der Waals surface area (Å²) < 4.78 is 0. The molecule has 2 rings (SSSR count). The maximum absolute atomic E-state index is 5.95. The third-order valence-electron chi connectivity index (χ3n) is 2.20. The van der Waals surface area contributed by atoms with Gasteiger partial charge in [-0.15, -0.1) is 0 Å². The predicted octanol–water partition coefficient (Wildman–Crippen LogP) is 2.08. The number of aromatic nitrogens is 1. The maximum atomic E-state index is 5.95. The van der Waals surface area contributed by atoms with Crippen LogP contribution < -0.4 is 5.32 Å². The van der Waals surface area contributed by atoms with E-state index in [9.17, 15) is 0 Å². The third kappa shape index (κ3) is 1.32. The van der Waals surface area contributed by atoms with Gasteiger partial charge in [-0.25, -0.2) is 4.98 Å². The lowest BCUT2D eigenvalue weighted by molar-refractivity contribution is 0.382. The van der Waals surface area contributed by atoms with Crippen LogP contribution in [0.3, 0.4) is 0 Å². The van der Waals surface area contributed by atoms with Gasteiger partial charge in [-0.2, -0.15) is 0 Å². The number of pyridine rings is 1. The van der Waals surface area contributed by atoms with Crippen LogP contribution in [0, 0.1) is 6.92 Å². The maximum Gasteiger partial charge on any atom is 0.133 e. The lowest BCUT2D eigenvalue weighted by Gasteiger charge is -2.28. The van der Waals surface area contributed by atoms with Crippen molar-refractivity contribution in [1.82, 2.24) is 10.3 Å². The Labute approximate surface area is 77.0 Å². The molecule has 1 fully saturated rings. The van der Waals surface area contributed by atoms with Gasteiger partial charge in [0, 0.05) is 17.8 Å². The van der Waals surface area contributed by atoms with Crippen LogP contribution in [0.4, 0.5) is 0 Å². The number of nitrogens with zero attached hydrogens (tertiary/aromatic N) is 1. The van der Waals surface area contributed by atoms with Gasteiger partial charge in [0.15, 0.2) is 0 Å². The first-order valence-corrected chi connectivity index (χ1v) is 4.50. The second-order valence-electron chi connectivity index (χ2n) is 3.19. The number of nitrogens with one attached hydrogen (secondary N) is 1. The number of hydrogen-bond donors (Lipinski definition) is 1. The Morgan fingerprint density at radius 3 is 3.00 bits per heavy atom. The summed E-state index contributed by atoms with van der Waals surface area (Å²) in [6.45, 7) is 3.13. The van der Waals surface area contributed by atoms with Crippen LogP contribution >= 0.6 is 11.6 Å². The minimum atomic E-state index is 0.435. The van der Waals surface area contributed by atoms with Crippen molar-refractivity contribution in [2.24, 2.45) is 0 Å². The lowest BCUT2D eigenvalue weighted by atomic mass is 9.99. The summed E-state index contributed by atoms with van der Waals surface area (Å²) in [5, 5.41) is 3.94. The van der Waals surface area contributed by atoms with Crippen molar-refractivity contribution in [1.29, 1.82) is 0 Å². The first-order chi connectivity index (χ1) is 5.77. The molecule has 12 heavy (non-hydrogen) atoms. The molecule has 1 aliphatic heterocycles. The third-order valence-corrected chi connectivity index (χ3v) is 2.52. The van der Waals surface area contributed by atoms with Crippen molar-refractivity contribution in [2.45, 2.75) is 19.4 Å². The highest BCUT2D eigenvalue weighted by atomic mass is 35.5. The zero-order valence-electron chi connectivity index (χ0n) is 6.97. The first kappa shape index (κ1) is 8.02. The van der Waals surface area contributed by atoms with Crippen LogP contribution in [0.1, 0.15) is 23.6 Å². The Bertz CT molecular complexity index is 295. The van der Waals surface area contributed by atoms with Crippen molar-refractivity contribution in [3.63, 3.8) is 0 Å². The van der Waals surface area contributed by atoms with Gasteiger partial charge in [0.25, 0.3) is 0 Å². The smallest absolute Gasteiger partial charge is 0.133 e. The van der Waals surface area contributed by atoms with Crippen molar-refractivity contribution in [3.05, 3.63) is 28.5 Å². The zero-order valence-corrected chi connectivity index (χ0v) is 7.73. The Hall–Kier alpha value is -0.600. The molecule has 2 heterocycles. The van der Waals surface area contributed by atoms with Crippen LogP contribution in [0.2, 0.25) is 5.15 Å². The fourth-order valence-electron chi connectivity index (χ4n) is 1.37. The molecule has 1 aromatic heterocycles. The zero-order chi connectivity index (χ0) is 8.55. The Balaban J connectivity index is 2.34. The molecule has 0 aromatic carbocycles. The van der Waals surface area contributed by atoms with Crippen LogP contribution in [0.15, 0.2) is 12.3 Å². The SMILES string of the molecule is Cc1cnc(Cl)c(C2CCN2)c1. The van der Waals surface area contributed by atoms with E-state index in [1.165, 1.54) is 12.0 Å². The van der Waals surface area contributed by atoms with Crippen molar-refractivity contribution in [3.8, 4) is 0 Å². The molecule has 1 saturated heterocycles. The van der Waals surface area contributed by atoms with E-state index in [1.54, 1.807) is 6.20 Å². The monoisotopic (exact) mass is 182 g/mol. The van der Waals surface area contributed by atoms with Crippen LogP contribution in [0.25, 0.3) is 0 Å². The van der Waals surface area contributed by atoms with E-state index >= 15 is 0 Å². The molecule has 0 bridgehead atoms. The second kappa shape index (κ2) is 3.04. The highest BCUT2D eigenvalue weighted by Crippen LogP contribution is 2.28. The van der Waals surface area contributed by atoms with Gasteiger partial charge < -0.3 is 5.32 Å². The molecule has 0 radical (unpaired) electrons. The van der Waals surface area contributed by atoms with Gasteiger partial charge in [-0.1, -0.05) is 11.6 Å². The molecular weight excluding hydrogens is 172 g/mol. The molecule has 1 N–H and O–H groups in total. The van der Waals surface area contributed by atoms with Gasteiger partial charge in [0.1, 0.15) is 5.15 Å². The molecular formula is C9H11ClN2. The van der Waals surface area contributed by atoms with E-state index in [0.29, 0.717) is 11.2 Å². The van der Waals surface area contributed by atoms with Crippen LogP contribution in [0.5, 0.6) is 0 Å². The summed E-state index contributed by atoms with van der Waals surface area (Å²) in [4.78, 5) is 4.11. The quantitative estimate of drug-likeness (QED) is 0.673. The fraction of sp³-hybridized carbons (Fsp3) is 0.444. The van der Waals surface area contributed by atoms with Crippen molar-refractivity contribution < 1.29 is 0 Å². The summed E-state index contributed by atoms with van der Waals surface area (Å²) in [7, 11) is 0. The molecule has 64 valence electrons. The van der Waals surface area contributed by atoms with Gasteiger partial charge in [-0.05, 0) is 31.5 Å². The average Bonchev–Trinajstić information content (AvgIpc) is 1.93. The standard InChI is InChI=1S/C9H11ClN2/c1-6-4-7(8-2-3-11-8)9(10)12-5-6/h4-5,8,11H,2-3H2,1H3. The fourth-order valence-corrected chi connectivity index (χ4v) is 1.61. The molecule has 1 atom stereocenters. The second-order valence-corrected chi connectivity index (χ2v) is 3.55. The van der Waals surface area contributed by atoms with Crippen molar-refractivity contribution in [2.75, 3.05) is 6.54 Å². The molecule has 2 nitrogen and oxygen atoms in total. The minimum Gasteiger partial charge on any atom is -0.310 e. The van der Waals surface area contributed by atoms with Crippen LogP contribution in [-0.4, -0.2) is 11.5 Å². The van der Waals surface area contributed by atoms with E-state index in [0.717, 1.165) is 12.1 Å². The van der Waals surface area contributed by atoms with Gasteiger partial charge >= 0.3 is 0 Å². The molecule has 0 aliphatic carbocycles. The van der Waals surface area contributed by atoms with E-state index in [1.807, 2.05) is 6.92 Å². The normalized spacial score (nSPS) is 22.0.